The molecule has 0 spiro atoms. The molecule has 0 fully saturated rings. The molecule has 60 valence electrons. The van der Waals surface area contributed by atoms with E-state index in [2.05, 4.69) is 52.7 Å². The highest BCUT2D eigenvalue weighted by Crippen LogP contribution is 2.06. The lowest BCUT2D eigenvalue weighted by Gasteiger charge is -2.11. The minimum absolute atomic E-state index is 1.03. The summed E-state index contributed by atoms with van der Waals surface area (Å²) in [5.41, 5.74) is 0. The molecule has 0 N–H and O–H groups in total. The van der Waals surface area contributed by atoms with Gasteiger partial charge in [-0.15, -0.1) is 0 Å². The molecule has 0 heterocycles. The lowest BCUT2D eigenvalue weighted by Crippen LogP contribution is -2.14. The smallest absolute Gasteiger partial charge is 0.0300 e. The zero-order valence-electron chi connectivity index (χ0n) is 7.06. The number of hydrogen-bond acceptors (Lipinski definition) is 2. The second kappa shape index (κ2) is 4.96. The highest BCUT2D eigenvalue weighted by Gasteiger charge is 1.93. The van der Waals surface area contributed by atoms with Gasteiger partial charge >= 0.3 is 0 Å². The summed E-state index contributed by atoms with van der Waals surface area (Å²) in [5, 5.41) is 0. The van der Waals surface area contributed by atoms with Crippen LogP contribution >= 0.6 is 22.6 Å². The monoisotopic (exact) mass is 254 g/mol. The second-order valence-corrected chi connectivity index (χ2v) is 4.16. The van der Waals surface area contributed by atoms with Crippen LogP contribution < -0.4 is 0 Å². The van der Waals surface area contributed by atoms with Gasteiger partial charge in [0.2, 0.25) is 0 Å². The number of likely N-dealkylation sites (N-methyl/N-ethyl adjacent to an activating group) is 1. The number of nitrogens with zero attached hydrogens (tertiary/aromatic N) is 2. The van der Waals surface area contributed by atoms with Gasteiger partial charge in [-0.2, -0.15) is 0 Å². The van der Waals surface area contributed by atoms with Gasteiger partial charge in [-0.05, 0) is 36.7 Å². The average Bonchev–Trinajstić information content (AvgIpc) is 1.58. The molecule has 0 aromatic heterocycles. The minimum Gasteiger partial charge on any atom is -0.383 e. The molecule has 0 saturated heterocycles. The highest BCUT2D eigenvalue weighted by atomic mass is 127. The molecule has 0 aliphatic heterocycles. The van der Waals surface area contributed by atoms with Crippen LogP contribution in [0.4, 0.5) is 0 Å². The summed E-state index contributed by atoms with van der Waals surface area (Å²) < 4.78 is 1.35. The Balaban J connectivity index is 3.71. The summed E-state index contributed by atoms with van der Waals surface area (Å²) in [6.07, 6.45) is 2.13. The van der Waals surface area contributed by atoms with Crippen molar-refractivity contribution in [1.82, 2.24) is 9.80 Å². The van der Waals surface area contributed by atoms with Gasteiger partial charge in [0.15, 0.2) is 0 Å². The Hall–Kier alpha value is 0.230. The van der Waals surface area contributed by atoms with Crippen molar-refractivity contribution in [3.8, 4) is 0 Å². The fraction of sp³-hybridized carbons (Fsp3) is 0.714. The van der Waals surface area contributed by atoms with Gasteiger partial charge in [-0.3, -0.25) is 0 Å². The third-order valence-electron chi connectivity index (χ3n) is 0.866. The van der Waals surface area contributed by atoms with Crippen molar-refractivity contribution >= 4 is 22.6 Å². The number of hydrogen-bond donors (Lipinski definition) is 0. The number of rotatable bonds is 3. The lowest BCUT2D eigenvalue weighted by molar-refractivity contribution is 0.449. The molecule has 0 aliphatic rings. The van der Waals surface area contributed by atoms with Crippen molar-refractivity contribution in [3.05, 3.63) is 9.78 Å². The SMILES string of the molecule is CN(C)/C=C(\I)CN(C)C. The molecule has 0 aromatic carbocycles. The fourth-order valence-corrected chi connectivity index (χ4v) is 1.86. The molecular weight excluding hydrogens is 239 g/mol. The summed E-state index contributed by atoms with van der Waals surface area (Å²) >= 11 is 2.35. The fourth-order valence-electron chi connectivity index (χ4n) is 0.623. The summed E-state index contributed by atoms with van der Waals surface area (Å²) in [6.45, 7) is 1.03. The standard InChI is InChI=1S/C7H15IN2/c1-9(2)5-7(8)6-10(3)4/h5H,6H2,1-4H3/b7-5-. The minimum atomic E-state index is 1.03. The zero-order chi connectivity index (χ0) is 8.15. The topological polar surface area (TPSA) is 6.48 Å². The Labute approximate surface area is 77.0 Å². The van der Waals surface area contributed by atoms with E-state index in [0.29, 0.717) is 0 Å². The molecule has 0 bridgehead atoms. The van der Waals surface area contributed by atoms with Crippen molar-refractivity contribution < 1.29 is 0 Å². The van der Waals surface area contributed by atoms with E-state index < -0.39 is 0 Å². The van der Waals surface area contributed by atoms with E-state index >= 15 is 0 Å². The van der Waals surface area contributed by atoms with Crippen molar-refractivity contribution in [2.45, 2.75) is 0 Å². The summed E-state index contributed by atoms with van der Waals surface area (Å²) in [7, 11) is 8.22. The normalized spacial score (nSPS) is 12.4. The van der Waals surface area contributed by atoms with E-state index in [1.165, 1.54) is 3.58 Å². The molecule has 0 aliphatic carbocycles. The first-order valence-corrected chi connectivity index (χ1v) is 4.27. The van der Waals surface area contributed by atoms with E-state index in [1.807, 2.05) is 14.1 Å². The Morgan fingerprint density at radius 2 is 1.80 bits per heavy atom. The van der Waals surface area contributed by atoms with Crippen LogP contribution in [0.15, 0.2) is 9.78 Å². The predicted octanol–water partition coefficient (Wildman–Crippen LogP) is 1.39. The largest absolute Gasteiger partial charge is 0.383 e. The quantitative estimate of drug-likeness (QED) is 0.702. The van der Waals surface area contributed by atoms with Gasteiger partial charge in [0.05, 0.1) is 0 Å². The Morgan fingerprint density at radius 1 is 1.30 bits per heavy atom. The maximum atomic E-state index is 2.35. The molecule has 3 heteroatoms. The van der Waals surface area contributed by atoms with Crippen molar-refractivity contribution in [1.29, 1.82) is 0 Å². The Kier molecular flexibility index (Phi) is 5.07. The van der Waals surface area contributed by atoms with Crippen molar-refractivity contribution in [2.24, 2.45) is 0 Å². The summed E-state index contributed by atoms with van der Waals surface area (Å²) in [5.74, 6) is 0. The molecule has 0 amide bonds. The van der Waals surface area contributed by atoms with Gasteiger partial charge in [-0.1, -0.05) is 0 Å². The van der Waals surface area contributed by atoms with Gasteiger partial charge in [0, 0.05) is 30.4 Å². The Morgan fingerprint density at radius 3 is 2.10 bits per heavy atom. The van der Waals surface area contributed by atoms with E-state index in [1.54, 1.807) is 0 Å². The molecule has 10 heavy (non-hydrogen) atoms. The first kappa shape index (κ1) is 10.2. The molecule has 0 atom stereocenters. The second-order valence-electron chi connectivity index (χ2n) is 2.78. The maximum absolute atomic E-state index is 2.35. The molecule has 0 aromatic rings. The van der Waals surface area contributed by atoms with Crippen LogP contribution in [0.2, 0.25) is 0 Å². The molecular formula is C7H15IN2. The van der Waals surface area contributed by atoms with Gasteiger partial charge < -0.3 is 9.80 Å². The van der Waals surface area contributed by atoms with Crippen molar-refractivity contribution in [2.75, 3.05) is 34.7 Å². The zero-order valence-corrected chi connectivity index (χ0v) is 9.21. The van der Waals surface area contributed by atoms with Crippen LogP contribution in [0.25, 0.3) is 0 Å². The van der Waals surface area contributed by atoms with Crippen molar-refractivity contribution in [3.63, 3.8) is 0 Å². The van der Waals surface area contributed by atoms with Crippen LogP contribution in [-0.2, 0) is 0 Å². The lowest BCUT2D eigenvalue weighted by atomic mass is 10.5. The van der Waals surface area contributed by atoms with Gasteiger partial charge in [0.1, 0.15) is 0 Å². The van der Waals surface area contributed by atoms with E-state index in [4.69, 9.17) is 0 Å². The molecule has 2 nitrogen and oxygen atoms in total. The third-order valence-corrected chi connectivity index (χ3v) is 1.49. The summed E-state index contributed by atoms with van der Waals surface area (Å²) in [4.78, 5) is 4.22. The predicted molar refractivity (Wildman–Crippen MR) is 54.3 cm³/mol. The summed E-state index contributed by atoms with van der Waals surface area (Å²) in [6, 6.07) is 0. The first-order chi connectivity index (χ1) is 4.52. The first-order valence-electron chi connectivity index (χ1n) is 3.19. The maximum Gasteiger partial charge on any atom is 0.0300 e. The van der Waals surface area contributed by atoms with Crippen LogP contribution in [0.3, 0.4) is 0 Å². The Bertz CT molecular complexity index is 119. The average molecular weight is 254 g/mol. The highest BCUT2D eigenvalue weighted by molar-refractivity contribution is 14.1. The third kappa shape index (κ3) is 6.35. The van der Waals surface area contributed by atoms with Crippen LogP contribution in [0.1, 0.15) is 0 Å². The van der Waals surface area contributed by atoms with E-state index in [-0.39, 0.29) is 0 Å². The number of halogens is 1. The molecule has 0 radical (unpaired) electrons. The molecule has 0 rings (SSSR count). The van der Waals surface area contributed by atoms with Gasteiger partial charge in [-0.25, -0.2) is 0 Å². The van der Waals surface area contributed by atoms with Crippen LogP contribution in [-0.4, -0.2) is 44.5 Å². The molecule has 0 saturated carbocycles. The molecule has 0 unspecified atom stereocenters. The van der Waals surface area contributed by atoms with E-state index in [0.717, 1.165) is 6.54 Å². The van der Waals surface area contributed by atoms with Gasteiger partial charge in [0.25, 0.3) is 0 Å². The van der Waals surface area contributed by atoms with E-state index in [9.17, 15) is 0 Å². The van der Waals surface area contributed by atoms with Crippen LogP contribution in [0.5, 0.6) is 0 Å². The van der Waals surface area contributed by atoms with Crippen LogP contribution in [0, 0.1) is 0 Å².